The minimum Gasteiger partial charge on any atom is -0.399 e. The summed E-state index contributed by atoms with van der Waals surface area (Å²) in [5, 5.41) is 8.49. The molecule has 14 heavy (non-hydrogen) atoms. The Morgan fingerprint density at radius 3 is 2.36 bits per heavy atom. The van der Waals surface area contributed by atoms with Crippen molar-refractivity contribution in [2.45, 2.75) is 18.7 Å². The summed E-state index contributed by atoms with van der Waals surface area (Å²) < 4.78 is 3.00. The van der Waals surface area contributed by atoms with Crippen molar-refractivity contribution in [3.63, 3.8) is 0 Å². The highest BCUT2D eigenvalue weighted by Crippen LogP contribution is 2.15. The van der Waals surface area contributed by atoms with E-state index in [9.17, 15) is 0 Å². The highest BCUT2D eigenvalue weighted by atomic mass is 32.2. The van der Waals surface area contributed by atoms with Crippen molar-refractivity contribution in [3.05, 3.63) is 24.3 Å². The van der Waals surface area contributed by atoms with Gasteiger partial charge in [0, 0.05) is 17.1 Å². The molecule has 0 atom stereocenters. The minimum absolute atomic E-state index is 0.155. The number of anilines is 1. The summed E-state index contributed by atoms with van der Waals surface area (Å²) in [6, 6.07) is 7.57. The Morgan fingerprint density at radius 1 is 1.29 bits per heavy atom. The van der Waals surface area contributed by atoms with Crippen molar-refractivity contribution >= 4 is 17.6 Å². The standard InChI is InChI=1S/C8H12N2OS.C2H6/c9-7-1-3-8(4-2-7)12-10-5-6-11;1-2/h1-4,10-11H,5-6,9H2;1-2H3. The number of aliphatic hydroxyl groups excluding tert-OH is 1. The van der Waals surface area contributed by atoms with E-state index in [4.69, 9.17) is 10.8 Å². The average Bonchev–Trinajstić information content (AvgIpc) is 2.24. The smallest absolute Gasteiger partial charge is 0.0565 e. The predicted octanol–water partition coefficient (Wildman–Crippen LogP) is 1.88. The van der Waals surface area contributed by atoms with E-state index in [1.165, 1.54) is 11.9 Å². The highest BCUT2D eigenvalue weighted by molar-refractivity contribution is 7.97. The molecule has 0 aromatic heterocycles. The number of nitrogens with one attached hydrogen (secondary N) is 1. The maximum Gasteiger partial charge on any atom is 0.0565 e. The first-order chi connectivity index (χ1) is 6.83. The fourth-order valence-electron chi connectivity index (χ4n) is 0.716. The van der Waals surface area contributed by atoms with Crippen LogP contribution in [-0.4, -0.2) is 18.3 Å². The minimum atomic E-state index is 0.155. The van der Waals surface area contributed by atoms with Gasteiger partial charge < -0.3 is 10.8 Å². The molecular formula is C10H18N2OS. The summed E-state index contributed by atoms with van der Waals surface area (Å²) in [5.74, 6) is 0. The van der Waals surface area contributed by atoms with Crippen molar-refractivity contribution in [1.29, 1.82) is 0 Å². The molecule has 1 rings (SSSR count). The van der Waals surface area contributed by atoms with E-state index in [-0.39, 0.29) is 6.61 Å². The van der Waals surface area contributed by atoms with E-state index in [1.807, 2.05) is 38.1 Å². The van der Waals surface area contributed by atoms with Crippen LogP contribution in [0.25, 0.3) is 0 Å². The van der Waals surface area contributed by atoms with Crippen LogP contribution < -0.4 is 10.5 Å². The fraction of sp³-hybridized carbons (Fsp3) is 0.400. The van der Waals surface area contributed by atoms with Crippen LogP contribution in [0.15, 0.2) is 29.2 Å². The number of hydrogen-bond donors (Lipinski definition) is 3. The molecule has 0 unspecified atom stereocenters. The summed E-state index contributed by atoms with van der Waals surface area (Å²) >= 11 is 1.49. The normalized spacial score (nSPS) is 9.07. The van der Waals surface area contributed by atoms with Gasteiger partial charge in [-0.1, -0.05) is 13.8 Å². The third-order valence-electron chi connectivity index (χ3n) is 1.28. The van der Waals surface area contributed by atoms with Gasteiger partial charge in [0.25, 0.3) is 0 Å². The molecule has 0 saturated carbocycles. The van der Waals surface area contributed by atoms with Gasteiger partial charge >= 0.3 is 0 Å². The van der Waals surface area contributed by atoms with Gasteiger partial charge in [0.05, 0.1) is 6.61 Å². The largest absolute Gasteiger partial charge is 0.399 e. The molecule has 0 fully saturated rings. The van der Waals surface area contributed by atoms with Crippen LogP contribution in [0.5, 0.6) is 0 Å². The first-order valence-electron chi connectivity index (χ1n) is 4.69. The molecule has 0 amide bonds. The van der Waals surface area contributed by atoms with Gasteiger partial charge in [0.1, 0.15) is 0 Å². The van der Waals surface area contributed by atoms with E-state index in [2.05, 4.69) is 4.72 Å². The highest BCUT2D eigenvalue weighted by Gasteiger charge is 1.91. The molecule has 4 N–H and O–H groups in total. The first-order valence-corrected chi connectivity index (χ1v) is 5.50. The van der Waals surface area contributed by atoms with Crippen molar-refractivity contribution in [1.82, 2.24) is 4.72 Å². The second kappa shape index (κ2) is 8.87. The zero-order valence-corrected chi connectivity index (χ0v) is 9.47. The van der Waals surface area contributed by atoms with Gasteiger partial charge in [0.15, 0.2) is 0 Å². The maximum absolute atomic E-state index is 8.49. The molecule has 0 aliphatic heterocycles. The summed E-state index contributed by atoms with van der Waals surface area (Å²) in [4.78, 5) is 1.10. The number of nitrogen functional groups attached to an aromatic ring is 1. The second-order valence-corrected chi connectivity index (χ2v) is 3.25. The molecule has 0 radical (unpaired) electrons. The molecule has 0 saturated heterocycles. The second-order valence-electron chi connectivity index (χ2n) is 2.29. The van der Waals surface area contributed by atoms with Gasteiger partial charge in [0.2, 0.25) is 0 Å². The van der Waals surface area contributed by atoms with Gasteiger partial charge in [-0.3, -0.25) is 4.72 Å². The topological polar surface area (TPSA) is 58.3 Å². The third-order valence-corrected chi connectivity index (χ3v) is 2.14. The Kier molecular flexibility index (Phi) is 8.42. The lowest BCUT2D eigenvalue weighted by Crippen LogP contribution is -2.08. The number of benzene rings is 1. The molecule has 0 heterocycles. The van der Waals surface area contributed by atoms with Crippen LogP contribution >= 0.6 is 11.9 Å². The zero-order chi connectivity index (χ0) is 10.8. The molecule has 0 aliphatic rings. The molecule has 1 aromatic rings. The predicted molar refractivity (Wildman–Crippen MR) is 63.1 cm³/mol. The van der Waals surface area contributed by atoms with Crippen molar-refractivity contribution in [2.24, 2.45) is 0 Å². The zero-order valence-electron chi connectivity index (χ0n) is 8.66. The van der Waals surface area contributed by atoms with Crippen LogP contribution in [0.3, 0.4) is 0 Å². The van der Waals surface area contributed by atoms with Crippen molar-refractivity contribution in [3.8, 4) is 0 Å². The lowest BCUT2D eigenvalue weighted by molar-refractivity contribution is 0.302. The third kappa shape index (κ3) is 5.85. The van der Waals surface area contributed by atoms with Crippen molar-refractivity contribution < 1.29 is 5.11 Å². The first kappa shape index (κ1) is 13.3. The lowest BCUT2D eigenvalue weighted by Gasteiger charge is -2.01. The number of rotatable bonds is 4. The SMILES string of the molecule is CC.Nc1ccc(SNCCO)cc1. The number of nitrogens with two attached hydrogens (primary N) is 1. The van der Waals surface area contributed by atoms with Gasteiger partial charge in [-0.25, -0.2) is 0 Å². The number of hydrogen-bond acceptors (Lipinski definition) is 4. The summed E-state index contributed by atoms with van der Waals surface area (Å²) in [6.07, 6.45) is 0. The molecule has 3 nitrogen and oxygen atoms in total. The Balaban J connectivity index is 0.000000791. The molecule has 80 valence electrons. The quantitative estimate of drug-likeness (QED) is 0.407. The van der Waals surface area contributed by atoms with Gasteiger partial charge in [-0.15, -0.1) is 0 Å². The maximum atomic E-state index is 8.49. The van der Waals surface area contributed by atoms with Gasteiger partial charge in [-0.05, 0) is 36.2 Å². The molecule has 1 aromatic carbocycles. The summed E-state index contributed by atoms with van der Waals surface area (Å²) in [6.45, 7) is 4.75. The van der Waals surface area contributed by atoms with E-state index < -0.39 is 0 Å². The van der Waals surface area contributed by atoms with Crippen molar-refractivity contribution in [2.75, 3.05) is 18.9 Å². The van der Waals surface area contributed by atoms with Crippen LogP contribution in [0.4, 0.5) is 5.69 Å². The Morgan fingerprint density at radius 2 is 1.86 bits per heavy atom. The van der Waals surface area contributed by atoms with E-state index in [1.54, 1.807) is 0 Å². The Labute approximate surface area is 89.8 Å². The van der Waals surface area contributed by atoms with E-state index in [0.29, 0.717) is 6.54 Å². The monoisotopic (exact) mass is 214 g/mol. The molecule has 0 spiro atoms. The summed E-state index contributed by atoms with van der Waals surface area (Å²) in [5.41, 5.74) is 6.28. The van der Waals surface area contributed by atoms with Crippen LogP contribution in [0.2, 0.25) is 0 Å². The number of aliphatic hydroxyl groups is 1. The van der Waals surface area contributed by atoms with Crippen LogP contribution in [0, 0.1) is 0 Å². The van der Waals surface area contributed by atoms with Crippen LogP contribution in [0.1, 0.15) is 13.8 Å². The molecular weight excluding hydrogens is 196 g/mol. The average molecular weight is 214 g/mol. The van der Waals surface area contributed by atoms with Gasteiger partial charge in [-0.2, -0.15) is 0 Å². The Hall–Kier alpha value is -0.710. The molecule has 0 bridgehead atoms. The fourth-order valence-corrected chi connectivity index (χ4v) is 1.35. The van der Waals surface area contributed by atoms with E-state index >= 15 is 0 Å². The van der Waals surface area contributed by atoms with E-state index in [0.717, 1.165) is 10.6 Å². The summed E-state index contributed by atoms with van der Waals surface area (Å²) in [7, 11) is 0. The molecule has 4 heteroatoms. The van der Waals surface area contributed by atoms with Crippen LogP contribution in [-0.2, 0) is 0 Å². The molecule has 0 aliphatic carbocycles. The Bertz CT molecular complexity index is 226. The lowest BCUT2D eigenvalue weighted by atomic mass is 10.3.